The summed E-state index contributed by atoms with van der Waals surface area (Å²) in [5.74, 6) is -0.607. The first-order valence-electron chi connectivity index (χ1n) is 6.28. The van der Waals surface area contributed by atoms with Gasteiger partial charge < -0.3 is 10.1 Å². The molecule has 2 heterocycles. The van der Waals surface area contributed by atoms with Crippen molar-refractivity contribution in [2.75, 3.05) is 26.7 Å². The number of sulfonamides is 1. The van der Waals surface area contributed by atoms with Crippen molar-refractivity contribution >= 4 is 27.3 Å². The quantitative estimate of drug-likeness (QED) is 0.835. The van der Waals surface area contributed by atoms with Crippen LogP contribution in [0.5, 0.6) is 0 Å². The molecule has 112 valence electrons. The number of hydrogen-bond acceptors (Lipinski definition) is 6. The lowest BCUT2D eigenvalue weighted by Crippen LogP contribution is -2.52. The fourth-order valence-corrected chi connectivity index (χ4v) is 5.58. The monoisotopic (exact) mass is 318 g/mol. The van der Waals surface area contributed by atoms with E-state index in [9.17, 15) is 13.2 Å². The molecule has 0 radical (unpaired) electrons. The minimum absolute atomic E-state index is 0.0862. The van der Waals surface area contributed by atoms with Crippen LogP contribution in [0, 0.1) is 6.92 Å². The molecule has 1 saturated heterocycles. The molecule has 0 unspecified atom stereocenters. The van der Waals surface area contributed by atoms with Crippen LogP contribution in [0.3, 0.4) is 0 Å². The average Bonchev–Trinajstić information content (AvgIpc) is 2.80. The first-order chi connectivity index (χ1) is 9.39. The minimum Gasteiger partial charge on any atom is -0.465 e. The van der Waals surface area contributed by atoms with Crippen molar-refractivity contribution in [1.82, 2.24) is 9.62 Å². The van der Waals surface area contributed by atoms with Crippen molar-refractivity contribution in [3.8, 4) is 0 Å². The predicted molar refractivity (Wildman–Crippen MR) is 76.6 cm³/mol. The highest BCUT2D eigenvalue weighted by Crippen LogP contribution is 2.31. The Morgan fingerprint density at radius 2 is 2.25 bits per heavy atom. The summed E-state index contributed by atoms with van der Waals surface area (Å²) in [7, 11) is -2.43. The van der Waals surface area contributed by atoms with Gasteiger partial charge >= 0.3 is 5.97 Å². The van der Waals surface area contributed by atoms with Crippen LogP contribution in [-0.2, 0) is 14.8 Å². The Kier molecular flexibility index (Phi) is 4.48. The highest BCUT2D eigenvalue weighted by atomic mass is 32.2. The number of nitrogens with zero attached hydrogens (tertiary/aromatic N) is 1. The molecule has 1 aliphatic rings. The van der Waals surface area contributed by atoms with Crippen LogP contribution in [0.1, 0.15) is 22.2 Å². The highest BCUT2D eigenvalue weighted by molar-refractivity contribution is 7.89. The zero-order valence-corrected chi connectivity index (χ0v) is 13.3. The Hall–Kier alpha value is -0.960. The number of carbonyl (C=O) groups excluding carboxylic acids is 1. The number of nitrogens with one attached hydrogen (secondary N) is 1. The molecule has 0 aliphatic carbocycles. The number of piperazine rings is 1. The van der Waals surface area contributed by atoms with E-state index in [0.717, 1.165) is 11.3 Å². The maximum Gasteiger partial charge on any atom is 0.349 e. The number of carbonyl (C=O) groups is 1. The first-order valence-corrected chi connectivity index (χ1v) is 8.60. The molecule has 6 nitrogen and oxygen atoms in total. The van der Waals surface area contributed by atoms with Crippen molar-refractivity contribution in [3.05, 3.63) is 15.8 Å². The van der Waals surface area contributed by atoms with Crippen molar-refractivity contribution in [3.63, 3.8) is 0 Å². The molecule has 0 amide bonds. The van der Waals surface area contributed by atoms with Crippen molar-refractivity contribution < 1.29 is 17.9 Å². The van der Waals surface area contributed by atoms with Gasteiger partial charge in [-0.1, -0.05) is 0 Å². The Morgan fingerprint density at radius 3 is 2.85 bits per heavy atom. The Labute approximate surface area is 122 Å². The average molecular weight is 318 g/mol. The van der Waals surface area contributed by atoms with Gasteiger partial charge in [-0.25, -0.2) is 13.2 Å². The number of methoxy groups -OCH3 is 1. The smallest absolute Gasteiger partial charge is 0.349 e. The summed E-state index contributed by atoms with van der Waals surface area (Å²) < 4.78 is 31.8. The van der Waals surface area contributed by atoms with Gasteiger partial charge in [0.25, 0.3) is 0 Å². The van der Waals surface area contributed by atoms with Gasteiger partial charge in [-0.05, 0) is 24.8 Å². The van der Waals surface area contributed by atoms with E-state index in [1.807, 2.05) is 6.92 Å². The van der Waals surface area contributed by atoms with Gasteiger partial charge in [-0.3, -0.25) is 0 Å². The molecule has 20 heavy (non-hydrogen) atoms. The predicted octanol–water partition coefficient (Wildman–Crippen LogP) is 0.826. The van der Waals surface area contributed by atoms with E-state index in [0.29, 0.717) is 25.2 Å². The molecule has 0 saturated carbocycles. The molecule has 1 aliphatic heterocycles. The topological polar surface area (TPSA) is 75.7 Å². The molecule has 0 spiro atoms. The van der Waals surface area contributed by atoms with Gasteiger partial charge in [0.1, 0.15) is 9.77 Å². The second-order valence-electron chi connectivity index (χ2n) is 4.74. The third kappa shape index (κ3) is 2.60. The normalized spacial score (nSPS) is 20.9. The molecule has 1 atom stereocenters. The van der Waals surface area contributed by atoms with Gasteiger partial charge in [0.2, 0.25) is 10.0 Å². The van der Waals surface area contributed by atoms with Crippen LogP contribution >= 0.6 is 11.3 Å². The van der Waals surface area contributed by atoms with E-state index in [-0.39, 0.29) is 15.8 Å². The maximum absolute atomic E-state index is 12.8. The summed E-state index contributed by atoms with van der Waals surface area (Å²) in [6.45, 7) is 5.17. The SMILES string of the molecule is COC(=O)c1scc(C)c1S(=O)(=O)N1CCNC[C@H]1C. The third-order valence-corrected chi connectivity index (χ3v) is 6.70. The second-order valence-corrected chi connectivity index (χ2v) is 7.44. The van der Waals surface area contributed by atoms with Gasteiger partial charge in [0.05, 0.1) is 7.11 Å². The van der Waals surface area contributed by atoms with Crippen LogP contribution in [0.2, 0.25) is 0 Å². The number of ether oxygens (including phenoxy) is 1. The number of hydrogen-bond donors (Lipinski definition) is 1. The van der Waals surface area contributed by atoms with E-state index >= 15 is 0 Å². The second kappa shape index (κ2) is 5.80. The van der Waals surface area contributed by atoms with E-state index in [4.69, 9.17) is 0 Å². The van der Waals surface area contributed by atoms with Crippen LogP contribution in [0.25, 0.3) is 0 Å². The van der Waals surface area contributed by atoms with Gasteiger partial charge in [0.15, 0.2) is 0 Å². The first kappa shape index (κ1) is 15.4. The molecule has 1 aromatic heterocycles. The molecule has 8 heteroatoms. The van der Waals surface area contributed by atoms with Crippen molar-refractivity contribution in [1.29, 1.82) is 0 Å². The minimum atomic E-state index is -3.68. The summed E-state index contributed by atoms with van der Waals surface area (Å²) in [4.78, 5) is 12.0. The van der Waals surface area contributed by atoms with Crippen molar-refractivity contribution in [2.24, 2.45) is 0 Å². The Balaban J connectivity index is 2.49. The molecule has 1 aromatic rings. The largest absolute Gasteiger partial charge is 0.465 e. The van der Waals surface area contributed by atoms with Gasteiger partial charge in [-0.15, -0.1) is 11.3 Å². The Morgan fingerprint density at radius 1 is 1.55 bits per heavy atom. The summed E-state index contributed by atoms with van der Waals surface area (Å²) >= 11 is 1.10. The fourth-order valence-electron chi connectivity index (χ4n) is 2.28. The molecule has 1 N–H and O–H groups in total. The van der Waals surface area contributed by atoms with Crippen LogP contribution < -0.4 is 5.32 Å². The number of rotatable bonds is 3. The number of thiophene rings is 1. The molecular formula is C12H18N2O4S2. The van der Waals surface area contributed by atoms with Crippen LogP contribution in [0.4, 0.5) is 0 Å². The zero-order valence-electron chi connectivity index (χ0n) is 11.7. The van der Waals surface area contributed by atoms with Crippen LogP contribution in [0.15, 0.2) is 10.3 Å². The van der Waals surface area contributed by atoms with Crippen molar-refractivity contribution in [2.45, 2.75) is 24.8 Å². The lowest BCUT2D eigenvalue weighted by molar-refractivity contribution is 0.0602. The third-order valence-electron chi connectivity index (χ3n) is 3.30. The summed E-state index contributed by atoms with van der Waals surface area (Å²) in [6, 6.07) is -0.140. The van der Waals surface area contributed by atoms with E-state index < -0.39 is 16.0 Å². The van der Waals surface area contributed by atoms with Gasteiger partial charge in [-0.2, -0.15) is 4.31 Å². The lowest BCUT2D eigenvalue weighted by atomic mass is 10.3. The zero-order chi connectivity index (χ0) is 14.9. The van der Waals surface area contributed by atoms with E-state index in [2.05, 4.69) is 10.1 Å². The summed E-state index contributed by atoms with van der Waals surface area (Å²) in [6.07, 6.45) is 0. The molecule has 0 aromatic carbocycles. The molecule has 2 rings (SSSR count). The van der Waals surface area contributed by atoms with E-state index in [1.54, 1.807) is 12.3 Å². The van der Waals surface area contributed by atoms with E-state index in [1.165, 1.54) is 11.4 Å². The van der Waals surface area contributed by atoms with Gasteiger partial charge in [0, 0.05) is 25.7 Å². The molecule has 0 bridgehead atoms. The highest BCUT2D eigenvalue weighted by Gasteiger charge is 2.36. The Bertz CT molecular complexity index is 609. The number of esters is 1. The standard InChI is InChI=1S/C12H18N2O4S2/c1-8-7-19-10(12(15)18-3)11(8)20(16,17)14-5-4-13-6-9(14)2/h7,9,13H,4-6H2,1-3H3/t9-/m1/s1. The lowest BCUT2D eigenvalue weighted by Gasteiger charge is -2.33. The summed E-state index contributed by atoms with van der Waals surface area (Å²) in [5, 5.41) is 4.82. The maximum atomic E-state index is 12.8. The number of aryl methyl sites for hydroxylation is 1. The molecule has 1 fully saturated rings. The fraction of sp³-hybridized carbons (Fsp3) is 0.583. The summed E-state index contributed by atoms with van der Waals surface area (Å²) in [5.41, 5.74) is 0.584. The molecular weight excluding hydrogens is 300 g/mol. The van der Waals surface area contributed by atoms with Crippen LogP contribution in [-0.4, -0.2) is 51.5 Å².